The smallest absolute Gasteiger partial charge is 0.249 e. The molecule has 0 spiro atoms. The third kappa shape index (κ3) is 3.69. The van der Waals surface area contributed by atoms with E-state index in [1.165, 1.54) is 0 Å². The lowest BCUT2D eigenvalue weighted by molar-refractivity contribution is -0.126. The summed E-state index contributed by atoms with van der Waals surface area (Å²) < 4.78 is 1.50. The summed E-state index contributed by atoms with van der Waals surface area (Å²) in [6.07, 6.45) is 6.05. The summed E-state index contributed by atoms with van der Waals surface area (Å²) in [5.41, 5.74) is 5.99. The lowest BCUT2D eigenvalue weighted by Gasteiger charge is -2.36. The van der Waals surface area contributed by atoms with Crippen LogP contribution in [0.3, 0.4) is 0 Å². The van der Waals surface area contributed by atoms with E-state index in [-0.39, 0.29) is 24.3 Å². The number of nitrogens with one attached hydrogen (secondary N) is 2. The van der Waals surface area contributed by atoms with Crippen LogP contribution in [0, 0.1) is 6.92 Å². The molecule has 3 unspecified atom stereocenters. The maximum atomic E-state index is 13.2. The van der Waals surface area contributed by atoms with Gasteiger partial charge in [-0.05, 0) is 31.0 Å². The second-order valence-electron chi connectivity index (χ2n) is 6.80. The average Bonchev–Trinajstić information content (AvgIpc) is 2.88. The van der Waals surface area contributed by atoms with Gasteiger partial charge in [0.2, 0.25) is 11.8 Å². The molecule has 5 nitrogen and oxygen atoms in total. The van der Waals surface area contributed by atoms with Gasteiger partial charge in [-0.3, -0.25) is 9.59 Å². The maximum Gasteiger partial charge on any atom is 0.249 e. The third-order valence-electron chi connectivity index (χ3n) is 5.05. The van der Waals surface area contributed by atoms with Gasteiger partial charge in [-0.1, -0.05) is 72.1 Å². The number of nitrogens with zero attached hydrogens (tertiary/aromatic N) is 1. The summed E-state index contributed by atoms with van der Waals surface area (Å²) in [6, 6.07) is 3.68. The van der Waals surface area contributed by atoms with Crippen LogP contribution < -0.4 is 15.8 Å². The van der Waals surface area contributed by atoms with Crippen LogP contribution in [0.25, 0.3) is 0 Å². The largest absolute Gasteiger partial charge is 0.359 e. The number of fused-ring (bicyclic) bond motifs is 1. The summed E-state index contributed by atoms with van der Waals surface area (Å²) in [4.78, 5) is 25.2. The molecule has 1 aliphatic heterocycles. The number of hydrogen-bond acceptors (Lipinski definition) is 3. The number of benzene rings is 1. The Labute approximate surface area is 184 Å². The minimum absolute atomic E-state index is 0.122. The second-order valence-corrected chi connectivity index (χ2v) is 10.2. The van der Waals surface area contributed by atoms with Crippen molar-refractivity contribution in [3.8, 4) is 0 Å². The number of anilines is 1. The molecule has 2 amide bonds. The fraction of sp³-hybridized carbons (Fsp3) is 0.368. The first-order valence-corrected chi connectivity index (χ1v) is 10.9. The van der Waals surface area contributed by atoms with Gasteiger partial charge in [0, 0.05) is 22.4 Å². The van der Waals surface area contributed by atoms with E-state index in [1.807, 2.05) is 44.2 Å². The number of carbonyl (C=O) groups excluding carboxylic acids is 2. The van der Waals surface area contributed by atoms with Crippen molar-refractivity contribution >= 4 is 65.3 Å². The predicted molar refractivity (Wildman–Crippen MR) is 118 cm³/mol. The topological polar surface area (TPSA) is 61.4 Å². The zero-order valence-electron chi connectivity index (χ0n) is 15.1. The van der Waals surface area contributed by atoms with Crippen molar-refractivity contribution in [1.82, 2.24) is 10.7 Å². The molecule has 8 heteroatoms. The Bertz CT molecular complexity index is 864. The molecular formula is C19H20Br3N3O2. The molecule has 0 saturated carbocycles. The number of carbonyl (C=O) groups is 2. The van der Waals surface area contributed by atoms with Crippen molar-refractivity contribution in [3.05, 3.63) is 50.4 Å². The SMILES string of the molecule is CNC(=O)CC1C(=O)N(NC2C=CC=C(Br)C2(C)Br)c2c1ccc(Br)c2C. The van der Waals surface area contributed by atoms with Gasteiger partial charge in [-0.25, -0.2) is 10.4 Å². The van der Waals surface area contributed by atoms with Crippen LogP contribution in [-0.2, 0) is 9.59 Å². The molecule has 144 valence electrons. The second kappa shape index (κ2) is 7.81. The van der Waals surface area contributed by atoms with Crippen molar-refractivity contribution < 1.29 is 9.59 Å². The first-order valence-electron chi connectivity index (χ1n) is 8.51. The van der Waals surface area contributed by atoms with Gasteiger partial charge in [0.25, 0.3) is 0 Å². The van der Waals surface area contributed by atoms with Crippen molar-refractivity contribution in [3.63, 3.8) is 0 Å². The molecule has 3 rings (SSSR count). The molecule has 2 aliphatic rings. The Kier molecular flexibility index (Phi) is 6.01. The summed E-state index contributed by atoms with van der Waals surface area (Å²) in [5, 5.41) is 4.21. The molecule has 0 fully saturated rings. The lowest BCUT2D eigenvalue weighted by Crippen LogP contribution is -2.54. The minimum Gasteiger partial charge on any atom is -0.359 e. The number of allylic oxidation sites excluding steroid dienone is 2. The Balaban J connectivity index is 2.00. The highest BCUT2D eigenvalue weighted by Crippen LogP contribution is 2.44. The van der Waals surface area contributed by atoms with Crippen LogP contribution in [-0.4, -0.2) is 29.2 Å². The first kappa shape index (κ1) is 20.8. The van der Waals surface area contributed by atoms with Gasteiger partial charge in [-0.2, -0.15) is 0 Å². The normalized spacial score (nSPS) is 26.8. The zero-order chi connectivity index (χ0) is 19.9. The minimum atomic E-state index is -0.507. The number of halogens is 3. The quantitative estimate of drug-likeness (QED) is 0.542. The monoisotopic (exact) mass is 559 g/mol. The predicted octanol–water partition coefficient (Wildman–Crippen LogP) is 4.20. The Hall–Kier alpha value is -0.960. The number of amides is 2. The van der Waals surface area contributed by atoms with E-state index in [1.54, 1.807) is 12.1 Å². The summed E-state index contributed by atoms with van der Waals surface area (Å²) in [5.74, 6) is -0.792. The van der Waals surface area contributed by atoms with Crippen molar-refractivity contribution in [2.45, 2.75) is 36.6 Å². The van der Waals surface area contributed by atoms with Crippen molar-refractivity contribution in [2.24, 2.45) is 0 Å². The van der Waals surface area contributed by atoms with Crippen LogP contribution >= 0.6 is 47.8 Å². The zero-order valence-corrected chi connectivity index (χ0v) is 19.9. The number of rotatable bonds is 4. The van der Waals surface area contributed by atoms with Crippen molar-refractivity contribution in [2.75, 3.05) is 12.1 Å². The molecule has 0 aromatic heterocycles. The van der Waals surface area contributed by atoms with Crippen molar-refractivity contribution in [1.29, 1.82) is 0 Å². The molecule has 3 atom stereocenters. The van der Waals surface area contributed by atoms with E-state index in [2.05, 4.69) is 58.5 Å². The third-order valence-corrected chi connectivity index (χ3v) is 8.45. The van der Waals surface area contributed by atoms with Crippen LogP contribution in [0.4, 0.5) is 5.69 Å². The molecule has 0 bridgehead atoms. The van der Waals surface area contributed by atoms with Gasteiger partial charge in [0.1, 0.15) is 0 Å². The first-order chi connectivity index (χ1) is 12.7. The van der Waals surface area contributed by atoms with Gasteiger partial charge in [-0.15, -0.1) is 0 Å². The summed E-state index contributed by atoms with van der Waals surface area (Å²) >= 11 is 10.9. The van der Waals surface area contributed by atoms with Gasteiger partial charge >= 0.3 is 0 Å². The van der Waals surface area contributed by atoms with Gasteiger partial charge in [0.05, 0.1) is 22.0 Å². The fourth-order valence-corrected chi connectivity index (χ4v) is 4.44. The van der Waals surface area contributed by atoms with E-state index < -0.39 is 10.2 Å². The van der Waals surface area contributed by atoms with Gasteiger partial charge in [0.15, 0.2) is 0 Å². The molecule has 2 N–H and O–H groups in total. The Morgan fingerprint density at radius 2 is 2.04 bits per heavy atom. The molecule has 1 aromatic rings. The lowest BCUT2D eigenvalue weighted by atomic mass is 9.95. The molecule has 0 radical (unpaired) electrons. The molecule has 0 saturated heterocycles. The number of alkyl halides is 1. The molecule has 1 aromatic carbocycles. The van der Waals surface area contributed by atoms with Crippen LogP contribution in [0.15, 0.2) is 39.3 Å². The average molecular weight is 562 g/mol. The van der Waals surface area contributed by atoms with Crippen LogP contribution in [0.2, 0.25) is 0 Å². The van der Waals surface area contributed by atoms with E-state index in [0.717, 1.165) is 25.8 Å². The highest BCUT2D eigenvalue weighted by molar-refractivity contribution is 9.14. The number of hydrazine groups is 1. The van der Waals surface area contributed by atoms with Gasteiger partial charge < -0.3 is 5.32 Å². The maximum absolute atomic E-state index is 13.2. The van der Waals surface area contributed by atoms with E-state index >= 15 is 0 Å². The molecule has 1 heterocycles. The van der Waals surface area contributed by atoms with E-state index in [4.69, 9.17) is 0 Å². The Morgan fingerprint density at radius 3 is 2.70 bits per heavy atom. The van der Waals surface area contributed by atoms with Crippen LogP contribution in [0.1, 0.15) is 30.4 Å². The fourth-order valence-electron chi connectivity index (χ4n) is 3.33. The molecular weight excluding hydrogens is 542 g/mol. The van der Waals surface area contributed by atoms with E-state index in [9.17, 15) is 9.59 Å². The molecule has 27 heavy (non-hydrogen) atoms. The molecule has 1 aliphatic carbocycles. The summed E-state index contributed by atoms with van der Waals surface area (Å²) in [6.45, 7) is 4.00. The Morgan fingerprint density at radius 1 is 1.33 bits per heavy atom. The highest BCUT2D eigenvalue weighted by atomic mass is 79.9. The van der Waals surface area contributed by atoms with E-state index in [0.29, 0.717) is 0 Å². The van der Waals surface area contributed by atoms with Crippen LogP contribution in [0.5, 0.6) is 0 Å². The standard InChI is InChI=1S/C19H20Br3N3O2/c1-10-13(20)8-7-11-12(9-16(26)23-3)18(27)25(17(10)11)24-15-6-4-5-14(21)19(15,2)22/h4-8,12,15,24H,9H2,1-3H3,(H,23,26). The highest BCUT2D eigenvalue weighted by Gasteiger charge is 2.43. The number of hydrogen-bond donors (Lipinski definition) is 2. The summed E-state index contributed by atoms with van der Waals surface area (Å²) in [7, 11) is 1.58.